The van der Waals surface area contributed by atoms with Crippen molar-refractivity contribution < 1.29 is 14.2 Å². The van der Waals surface area contributed by atoms with Crippen LogP contribution in [0.25, 0.3) is 0 Å². The molecule has 0 aliphatic carbocycles. The van der Waals surface area contributed by atoms with Crippen LogP contribution < -0.4 is 10.5 Å². The number of ether oxygens (including phenoxy) is 3. The fraction of sp³-hybridized carbons (Fsp3) is 0.667. The van der Waals surface area contributed by atoms with Gasteiger partial charge >= 0.3 is 0 Å². The molecule has 0 aliphatic rings. The highest BCUT2D eigenvalue weighted by Crippen LogP contribution is 2.14. The summed E-state index contributed by atoms with van der Waals surface area (Å²) in [5, 5.41) is 0. The zero-order valence-electron chi connectivity index (χ0n) is 14.8. The van der Waals surface area contributed by atoms with Crippen LogP contribution in [-0.2, 0) is 9.47 Å². The number of nitrogens with two attached hydrogens (primary N) is 1. The maximum absolute atomic E-state index is 5.89. The van der Waals surface area contributed by atoms with E-state index in [1.54, 1.807) is 0 Å². The first-order valence-corrected chi connectivity index (χ1v) is 10.8. The largest absolute Gasteiger partial charge is 0.494 e. The van der Waals surface area contributed by atoms with Crippen molar-refractivity contribution >= 4 is 15.2 Å². The maximum atomic E-state index is 5.89. The molecule has 0 fully saturated rings. The number of rotatable bonds is 14. The minimum absolute atomic E-state index is 0.0699. The molecule has 0 bridgehead atoms. The molecule has 0 amide bonds. The molecule has 2 N–H and O–H groups in total. The molecule has 5 heteroatoms. The molecule has 0 aromatic heterocycles. The van der Waals surface area contributed by atoms with Crippen LogP contribution in [0.5, 0.6) is 5.75 Å². The molecule has 132 valence electrons. The van der Waals surface area contributed by atoms with Gasteiger partial charge < -0.3 is 19.9 Å². The zero-order valence-corrected chi connectivity index (χ0v) is 16.2. The van der Waals surface area contributed by atoms with Crippen molar-refractivity contribution in [1.82, 2.24) is 0 Å². The molecular formula is C18H33NO3Si. The lowest BCUT2D eigenvalue weighted by molar-refractivity contribution is -0.0921. The topological polar surface area (TPSA) is 53.7 Å². The Kier molecular flexibility index (Phi) is 11.7. The fourth-order valence-electron chi connectivity index (χ4n) is 2.14. The first kappa shape index (κ1) is 20.0. The molecule has 0 atom stereocenters. The summed E-state index contributed by atoms with van der Waals surface area (Å²) >= 11 is 0. The summed E-state index contributed by atoms with van der Waals surface area (Å²) in [6.45, 7) is 6.73. The molecule has 23 heavy (non-hydrogen) atoms. The van der Waals surface area contributed by atoms with Crippen LogP contribution in [0.2, 0.25) is 6.04 Å². The second-order valence-electron chi connectivity index (χ2n) is 5.79. The third-order valence-corrected chi connectivity index (χ3v) is 5.42. The highest BCUT2D eigenvalue weighted by Gasteiger charge is 2.09. The zero-order chi connectivity index (χ0) is 16.8. The minimum atomic E-state index is -0.388. The lowest BCUT2D eigenvalue weighted by Crippen LogP contribution is -2.26. The summed E-state index contributed by atoms with van der Waals surface area (Å²) in [6, 6.07) is 8.76. The predicted octanol–water partition coefficient (Wildman–Crippen LogP) is 3.54. The molecule has 4 nitrogen and oxygen atoms in total. The molecule has 1 aromatic carbocycles. The Morgan fingerprint density at radius 3 is 2.30 bits per heavy atom. The number of nitrogen functional groups attached to an aromatic ring is 1. The van der Waals surface area contributed by atoms with Crippen molar-refractivity contribution in [3.63, 3.8) is 0 Å². The number of anilines is 1. The van der Waals surface area contributed by atoms with E-state index in [9.17, 15) is 0 Å². The molecule has 0 saturated carbocycles. The Morgan fingerprint density at radius 1 is 1.00 bits per heavy atom. The van der Waals surface area contributed by atoms with Gasteiger partial charge in [-0.15, -0.1) is 0 Å². The highest BCUT2D eigenvalue weighted by molar-refractivity contribution is 6.36. The normalized spacial score (nSPS) is 11.6. The van der Waals surface area contributed by atoms with E-state index < -0.39 is 0 Å². The van der Waals surface area contributed by atoms with Crippen molar-refractivity contribution in [1.29, 1.82) is 0 Å². The monoisotopic (exact) mass is 339 g/mol. The second-order valence-corrected chi connectivity index (χ2v) is 7.75. The molecule has 0 radical (unpaired) electrons. The lowest BCUT2D eigenvalue weighted by atomic mass is 10.3. The van der Waals surface area contributed by atoms with Crippen molar-refractivity contribution in [3.05, 3.63) is 24.3 Å². The average Bonchev–Trinajstić information content (AvgIpc) is 2.54. The number of hydrogen-bond acceptors (Lipinski definition) is 4. The Balaban J connectivity index is 2.16. The lowest BCUT2D eigenvalue weighted by Gasteiger charge is -2.18. The van der Waals surface area contributed by atoms with Gasteiger partial charge in [0.2, 0.25) is 0 Å². The van der Waals surface area contributed by atoms with E-state index in [0.717, 1.165) is 63.4 Å². The van der Waals surface area contributed by atoms with Crippen LogP contribution in [0.3, 0.4) is 0 Å². The molecule has 0 heterocycles. The first-order valence-electron chi connectivity index (χ1n) is 8.97. The standard InChI is InChI=1S/C18H33NO3Si/c1-3-5-11-21-18(22-12-6-4-2)23-14-8-13-20-17-10-7-9-16(19)15-17/h7,9-10,15,18H,3-6,8,11-14,19,23H2,1-2H3. The Labute approximate surface area is 143 Å². The van der Waals surface area contributed by atoms with Gasteiger partial charge in [-0.05, 0) is 31.4 Å². The van der Waals surface area contributed by atoms with E-state index in [-0.39, 0.29) is 15.4 Å². The molecule has 0 saturated heterocycles. The number of hydrogen-bond donors (Lipinski definition) is 1. The van der Waals surface area contributed by atoms with Crippen LogP contribution in [-0.4, -0.2) is 35.3 Å². The van der Waals surface area contributed by atoms with E-state index in [1.807, 2.05) is 24.3 Å². The Morgan fingerprint density at radius 2 is 1.70 bits per heavy atom. The van der Waals surface area contributed by atoms with Gasteiger partial charge in [0, 0.05) is 25.0 Å². The predicted molar refractivity (Wildman–Crippen MR) is 99.8 cm³/mol. The van der Waals surface area contributed by atoms with Crippen molar-refractivity contribution in [2.24, 2.45) is 0 Å². The van der Waals surface area contributed by atoms with Gasteiger partial charge in [0.25, 0.3) is 0 Å². The van der Waals surface area contributed by atoms with Gasteiger partial charge in [-0.25, -0.2) is 0 Å². The van der Waals surface area contributed by atoms with Crippen LogP contribution >= 0.6 is 0 Å². The van der Waals surface area contributed by atoms with Crippen molar-refractivity contribution in [2.45, 2.75) is 57.9 Å². The molecule has 0 spiro atoms. The van der Waals surface area contributed by atoms with Gasteiger partial charge in [-0.1, -0.05) is 38.8 Å². The number of benzene rings is 1. The van der Waals surface area contributed by atoms with Gasteiger partial charge in [0.05, 0.1) is 16.1 Å². The van der Waals surface area contributed by atoms with Gasteiger partial charge in [0.15, 0.2) is 0 Å². The average molecular weight is 340 g/mol. The van der Waals surface area contributed by atoms with Gasteiger partial charge in [-0.2, -0.15) is 0 Å². The maximum Gasteiger partial charge on any atom is 0.134 e. The number of unbranched alkanes of at least 4 members (excludes halogenated alkanes) is 2. The third kappa shape index (κ3) is 10.4. The fourth-order valence-corrected chi connectivity index (χ4v) is 3.63. The van der Waals surface area contributed by atoms with Crippen LogP contribution in [0.4, 0.5) is 5.69 Å². The van der Waals surface area contributed by atoms with E-state index in [1.165, 1.54) is 6.04 Å². The summed E-state index contributed by atoms with van der Waals surface area (Å²) in [6.07, 6.45) is 5.60. The van der Waals surface area contributed by atoms with E-state index in [0.29, 0.717) is 0 Å². The molecule has 1 aromatic rings. The highest BCUT2D eigenvalue weighted by atomic mass is 28.2. The molecule has 1 rings (SSSR count). The SMILES string of the molecule is CCCCOC(OCCCC)[SiH2]CCCOc1cccc(N)c1. The summed E-state index contributed by atoms with van der Waals surface area (Å²) < 4.78 is 17.5. The molecule has 0 aliphatic heterocycles. The van der Waals surface area contributed by atoms with Crippen LogP contribution in [0, 0.1) is 0 Å². The van der Waals surface area contributed by atoms with E-state index in [2.05, 4.69) is 13.8 Å². The molecule has 0 unspecified atom stereocenters. The van der Waals surface area contributed by atoms with Crippen molar-refractivity contribution in [2.75, 3.05) is 25.6 Å². The molecular weight excluding hydrogens is 306 g/mol. The summed E-state index contributed by atoms with van der Waals surface area (Å²) in [4.78, 5) is 0. The van der Waals surface area contributed by atoms with Gasteiger partial charge in [0.1, 0.15) is 11.7 Å². The summed E-state index contributed by atoms with van der Waals surface area (Å²) in [7, 11) is -0.388. The van der Waals surface area contributed by atoms with Crippen molar-refractivity contribution in [3.8, 4) is 5.75 Å². The summed E-state index contributed by atoms with van der Waals surface area (Å²) in [5.74, 6) is 0.919. The Hall–Kier alpha value is -1.04. The van der Waals surface area contributed by atoms with Crippen LogP contribution in [0.15, 0.2) is 24.3 Å². The second kappa shape index (κ2) is 13.4. The quantitative estimate of drug-likeness (QED) is 0.244. The first-order chi connectivity index (χ1) is 11.3. The third-order valence-electron chi connectivity index (χ3n) is 3.56. The minimum Gasteiger partial charge on any atom is -0.494 e. The van der Waals surface area contributed by atoms with E-state index in [4.69, 9.17) is 19.9 Å². The van der Waals surface area contributed by atoms with Crippen LogP contribution in [0.1, 0.15) is 46.0 Å². The Bertz CT molecular complexity index is 394. The smallest absolute Gasteiger partial charge is 0.134 e. The van der Waals surface area contributed by atoms with E-state index >= 15 is 0 Å². The van der Waals surface area contributed by atoms with Gasteiger partial charge in [-0.3, -0.25) is 0 Å². The summed E-state index contributed by atoms with van der Waals surface area (Å²) in [5.41, 5.74) is 6.48.